The quantitative estimate of drug-likeness (QED) is 0.610. The van der Waals surface area contributed by atoms with Gasteiger partial charge in [0.15, 0.2) is 5.82 Å². The molecule has 0 aliphatic carbocycles. The van der Waals surface area contributed by atoms with Crippen molar-refractivity contribution >= 4 is 33.0 Å². The average Bonchev–Trinajstić information content (AvgIpc) is 3.35. The third-order valence-electron chi connectivity index (χ3n) is 4.25. The summed E-state index contributed by atoms with van der Waals surface area (Å²) in [5, 5.41) is 8.44. The Kier molecular flexibility index (Phi) is 6.15. The normalized spacial score (nSPS) is 11.9. The first-order valence-electron chi connectivity index (χ1n) is 8.93. The van der Waals surface area contributed by atoms with E-state index < -0.39 is 15.9 Å². The zero-order valence-electron chi connectivity index (χ0n) is 16.5. The number of likely N-dealkylation sites (N-methyl/N-ethyl adjacent to an activating group) is 1. The van der Waals surface area contributed by atoms with E-state index in [1.807, 2.05) is 32.9 Å². The van der Waals surface area contributed by atoms with Gasteiger partial charge in [-0.05, 0) is 30.0 Å². The Morgan fingerprint density at radius 2 is 2.03 bits per heavy atom. The molecule has 0 spiro atoms. The lowest BCUT2D eigenvalue weighted by molar-refractivity contribution is -0.116. The number of carbonyl (C=O) groups is 1. The van der Waals surface area contributed by atoms with Gasteiger partial charge in [0.25, 0.3) is 15.9 Å². The number of nitrogens with one attached hydrogen (secondary N) is 1. The Hall–Kier alpha value is -2.56. The van der Waals surface area contributed by atoms with Crippen molar-refractivity contribution in [1.82, 2.24) is 14.4 Å². The van der Waals surface area contributed by atoms with Gasteiger partial charge in [0, 0.05) is 13.0 Å². The number of hydrogen-bond acceptors (Lipinski definition) is 7. The van der Waals surface area contributed by atoms with E-state index in [2.05, 4.69) is 15.5 Å². The summed E-state index contributed by atoms with van der Waals surface area (Å²) < 4.78 is 31.6. The van der Waals surface area contributed by atoms with Crippen molar-refractivity contribution in [2.75, 3.05) is 18.9 Å². The molecule has 0 saturated carbocycles. The number of nitrogens with zero attached hydrogens (tertiary/aromatic N) is 3. The number of sulfonamides is 1. The second kappa shape index (κ2) is 8.44. The van der Waals surface area contributed by atoms with Crippen molar-refractivity contribution in [1.29, 1.82) is 0 Å². The van der Waals surface area contributed by atoms with Crippen molar-refractivity contribution in [2.45, 2.75) is 30.9 Å². The molecule has 0 atom stereocenters. The number of rotatable bonds is 7. The Bertz CT molecular complexity index is 1110. The van der Waals surface area contributed by atoms with Crippen molar-refractivity contribution in [3.63, 3.8) is 0 Å². The fourth-order valence-electron chi connectivity index (χ4n) is 2.62. The lowest BCUT2D eigenvalue weighted by Crippen LogP contribution is -2.34. The summed E-state index contributed by atoms with van der Waals surface area (Å²) in [4.78, 5) is 17.0. The van der Waals surface area contributed by atoms with Crippen molar-refractivity contribution in [2.24, 2.45) is 0 Å². The predicted molar refractivity (Wildman–Crippen MR) is 111 cm³/mol. The van der Waals surface area contributed by atoms with Crippen molar-refractivity contribution < 1.29 is 17.7 Å². The monoisotopic (exact) mass is 434 g/mol. The van der Waals surface area contributed by atoms with Crippen molar-refractivity contribution in [3.8, 4) is 11.5 Å². The average molecular weight is 435 g/mol. The minimum atomic E-state index is -3.71. The molecule has 2 aromatic heterocycles. The molecule has 3 rings (SSSR count). The van der Waals surface area contributed by atoms with E-state index >= 15 is 0 Å². The van der Waals surface area contributed by atoms with Crippen LogP contribution in [0.2, 0.25) is 0 Å². The molecule has 2 heterocycles. The number of anilines is 1. The molecule has 0 fully saturated rings. The van der Waals surface area contributed by atoms with E-state index in [4.69, 9.17) is 4.52 Å². The summed E-state index contributed by atoms with van der Waals surface area (Å²) in [6.45, 7) is 5.43. The van der Waals surface area contributed by atoms with Gasteiger partial charge in [-0.15, -0.1) is 11.3 Å². The lowest BCUT2D eigenvalue weighted by atomic mass is 10.1. The van der Waals surface area contributed by atoms with Crippen molar-refractivity contribution in [3.05, 3.63) is 47.1 Å². The van der Waals surface area contributed by atoms with Gasteiger partial charge in [0.1, 0.15) is 4.21 Å². The lowest BCUT2D eigenvalue weighted by Gasteiger charge is -2.17. The number of aryl methyl sites for hydroxylation is 1. The van der Waals surface area contributed by atoms with Crippen LogP contribution in [0.15, 0.2) is 44.4 Å². The Labute approximate surface area is 173 Å². The summed E-state index contributed by atoms with van der Waals surface area (Å²) in [5.41, 5.74) is 1.89. The maximum absolute atomic E-state index is 12.6. The molecular formula is C19H22N4O4S2. The molecule has 29 heavy (non-hydrogen) atoms. The first-order chi connectivity index (χ1) is 13.7. The summed E-state index contributed by atoms with van der Waals surface area (Å²) in [6, 6.07) is 8.60. The minimum Gasteiger partial charge on any atom is -0.334 e. The second-order valence-corrected chi connectivity index (χ2v) is 10.1. The molecular weight excluding hydrogens is 412 g/mol. The second-order valence-electron chi connectivity index (χ2n) is 6.85. The summed E-state index contributed by atoms with van der Waals surface area (Å²) in [6.07, 6.45) is 0. The number of aromatic nitrogens is 2. The van der Waals surface area contributed by atoms with Gasteiger partial charge in [-0.25, -0.2) is 8.42 Å². The van der Waals surface area contributed by atoms with Gasteiger partial charge in [0.05, 0.1) is 17.8 Å². The summed E-state index contributed by atoms with van der Waals surface area (Å²) in [7, 11) is -2.34. The SMILES string of the molecule is Cc1cccc(-c2nc(C(C)C)no2)c1NC(=O)CN(C)S(=O)(=O)c1cccs1. The molecule has 0 bridgehead atoms. The van der Waals surface area contributed by atoms with Gasteiger partial charge in [-0.3, -0.25) is 4.79 Å². The summed E-state index contributed by atoms with van der Waals surface area (Å²) >= 11 is 1.11. The molecule has 0 aliphatic heterocycles. The highest BCUT2D eigenvalue weighted by Gasteiger charge is 2.25. The third kappa shape index (κ3) is 4.55. The Balaban J connectivity index is 1.82. The highest BCUT2D eigenvalue weighted by atomic mass is 32.2. The number of hydrogen-bond donors (Lipinski definition) is 1. The first-order valence-corrected chi connectivity index (χ1v) is 11.3. The Morgan fingerprint density at radius 1 is 1.28 bits per heavy atom. The van der Waals surface area contributed by atoms with Crippen LogP contribution >= 0.6 is 11.3 Å². The van der Waals surface area contributed by atoms with Crippen LogP contribution in [-0.2, 0) is 14.8 Å². The number of carbonyl (C=O) groups excluding carboxylic acids is 1. The van der Waals surface area contributed by atoms with Crippen LogP contribution in [0.5, 0.6) is 0 Å². The van der Waals surface area contributed by atoms with Gasteiger partial charge in [0.2, 0.25) is 5.91 Å². The smallest absolute Gasteiger partial charge is 0.260 e. The highest BCUT2D eigenvalue weighted by molar-refractivity contribution is 7.91. The molecule has 0 radical (unpaired) electrons. The Morgan fingerprint density at radius 3 is 2.66 bits per heavy atom. The van der Waals surface area contributed by atoms with Gasteiger partial charge < -0.3 is 9.84 Å². The molecule has 1 N–H and O–H groups in total. The van der Waals surface area contributed by atoms with Crippen LogP contribution in [0.3, 0.4) is 0 Å². The topological polar surface area (TPSA) is 105 Å². The fourth-order valence-corrected chi connectivity index (χ4v) is 4.95. The van der Waals surface area contributed by atoms with E-state index in [-0.39, 0.29) is 16.7 Å². The molecule has 10 heteroatoms. The third-order valence-corrected chi connectivity index (χ3v) is 7.43. The van der Waals surface area contributed by atoms with Gasteiger partial charge >= 0.3 is 0 Å². The first kappa shape index (κ1) is 21.2. The van der Waals surface area contributed by atoms with Gasteiger partial charge in [-0.2, -0.15) is 9.29 Å². The molecule has 8 nitrogen and oxygen atoms in total. The van der Waals surface area contributed by atoms with Crippen LogP contribution in [0.1, 0.15) is 31.2 Å². The molecule has 3 aromatic rings. The van der Waals surface area contributed by atoms with Gasteiger partial charge in [-0.1, -0.05) is 37.2 Å². The van der Waals surface area contributed by atoms with Crippen LogP contribution in [0.25, 0.3) is 11.5 Å². The van der Waals surface area contributed by atoms with E-state index in [0.717, 1.165) is 21.2 Å². The van der Waals surface area contributed by atoms with Crippen LogP contribution in [0.4, 0.5) is 5.69 Å². The molecule has 0 saturated heterocycles. The molecule has 1 aromatic carbocycles. The van der Waals surface area contributed by atoms with Crippen LogP contribution < -0.4 is 5.32 Å². The number of thiophene rings is 1. The highest BCUT2D eigenvalue weighted by Crippen LogP contribution is 2.30. The maximum atomic E-state index is 12.6. The number of para-hydroxylation sites is 1. The zero-order chi connectivity index (χ0) is 21.2. The predicted octanol–water partition coefficient (Wildman–Crippen LogP) is 3.49. The zero-order valence-corrected chi connectivity index (χ0v) is 18.2. The van der Waals surface area contributed by atoms with E-state index in [1.54, 1.807) is 17.5 Å². The van der Waals surface area contributed by atoms with E-state index in [9.17, 15) is 13.2 Å². The summed E-state index contributed by atoms with van der Waals surface area (Å²) in [5.74, 6) is 0.506. The van der Waals surface area contributed by atoms with Crippen LogP contribution in [0, 0.1) is 6.92 Å². The molecule has 1 amide bonds. The molecule has 0 unspecified atom stereocenters. The molecule has 0 aliphatic rings. The standard InChI is InChI=1S/C19H22N4O4S2/c1-12(2)18-21-19(27-22-18)14-8-5-7-13(3)17(14)20-15(24)11-23(4)29(25,26)16-9-6-10-28-16/h5-10,12H,11H2,1-4H3,(H,20,24). The minimum absolute atomic E-state index is 0.103. The van der Waals surface area contributed by atoms with Crippen LogP contribution in [-0.4, -0.2) is 42.4 Å². The van der Waals surface area contributed by atoms with E-state index in [0.29, 0.717) is 23.0 Å². The number of amides is 1. The number of benzene rings is 1. The molecule has 154 valence electrons. The fraction of sp³-hybridized carbons (Fsp3) is 0.316. The largest absolute Gasteiger partial charge is 0.334 e. The maximum Gasteiger partial charge on any atom is 0.260 e. The van der Waals surface area contributed by atoms with E-state index in [1.165, 1.54) is 13.1 Å².